The fourth-order valence-electron chi connectivity index (χ4n) is 0. The van der Waals surface area contributed by atoms with Gasteiger partial charge < -0.3 is 37.2 Å². The number of halogens is 3. The molecule has 0 aromatic rings. The quantitative estimate of drug-likeness (QED) is 0.362. The van der Waals surface area contributed by atoms with Crippen LogP contribution in [0.1, 0.15) is 41.5 Å². The van der Waals surface area contributed by atoms with Crippen molar-refractivity contribution >= 4 is 0 Å². The van der Waals surface area contributed by atoms with Gasteiger partial charge in [-0.3, -0.25) is 0 Å². The highest BCUT2D eigenvalue weighted by atomic mass is 35.5. The first-order valence-electron chi connectivity index (χ1n) is 3.00. The van der Waals surface area contributed by atoms with Gasteiger partial charge in [0, 0.05) is 0 Å². The first kappa shape index (κ1) is 51.8. The smallest absolute Gasteiger partial charge is 0.0683 e. The maximum Gasteiger partial charge on any atom is -0.0683 e. The second kappa shape index (κ2) is 726. The molecule has 0 atom stereocenters. The molecule has 0 aromatic carbocycles. The van der Waals surface area contributed by atoms with Crippen molar-refractivity contribution in [1.29, 1.82) is 0 Å². The van der Waals surface area contributed by atoms with Crippen molar-refractivity contribution in [3.05, 3.63) is 0 Å². The molecular weight excluding hydrogens is 178 g/mol. The van der Waals surface area contributed by atoms with Crippen molar-refractivity contribution in [3.63, 3.8) is 0 Å². The van der Waals surface area contributed by atoms with Crippen LogP contribution in [0, 0.1) is 0 Å². The Balaban J connectivity index is -0.00000000321. The van der Waals surface area contributed by atoms with Gasteiger partial charge in [-0.1, -0.05) is 41.5 Å². The van der Waals surface area contributed by atoms with E-state index in [0.29, 0.717) is 0 Å². The van der Waals surface area contributed by atoms with Crippen molar-refractivity contribution in [2.24, 2.45) is 0 Å². The van der Waals surface area contributed by atoms with E-state index < -0.39 is 0 Å². The van der Waals surface area contributed by atoms with Gasteiger partial charge in [0.05, 0.1) is 0 Å². The Morgan fingerprint density at radius 1 is 0.333 bits per heavy atom. The zero-order valence-corrected chi connectivity index (χ0v) is 9.40. The van der Waals surface area contributed by atoms with Gasteiger partial charge in [0.25, 0.3) is 0 Å². The standard InChI is InChI=1S/3C2H6.3ClH/c3*1-2;;;/h3*1-2H3;3*1H/p-3. The summed E-state index contributed by atoms with van der Waals surface area (Å²) in [5, 5.41) is 0. The summed E-state index contributed by atoms with van der Waals surface area (Å²) in [4.78, 5) is 0. The summed E-state index contributed by atoms with van der Waals surface area (Å²) in [5.41, 5.74) is 0. The molecule has 0 rings (SSSR count). The summed E-state index contributed by atoms with van der Waals surface area (Å²) in [6.07, 6.45) is 0. The summed E-state index contributed by atoms with van der Waals surface area (Å²) in [6, 6.07) is 0. The van der Waals surface area contributed by atoms with E-state index in [4.69, 9.17) is 0 Å². The Kier molecular flexibility index (Phi) is 4180. The highest BCUT2D eigenvalue weighted by Gasteiger charge is 0.936. The third kappa shape index (κ3) is 553. The molecule has 0 N–H and O–H groups in total. The molecule has 0 aliphatic rings. The lowest BCUT2D eigenvalue weighted by Crippen LogP contribution is -3.00. The van der Waals surface area contributed by atoms with Gasteiger partial charge in [-0.25, -0.2) is 0 Å². The molecule has 0 unspecified atom stereocenters. The van der Waals surface area contributed by atoms with Crippen molar-refractivity contribution in [1.82, 2.24) is 0 Å². The van der Waals surface area contributed by atoms with Crippen molar-refractivity contribution in [2.75, 3.05) is 0 Å². The molecular formula is C6H18Cl3-3. The zero-order chi connectivity index (χ0) is 6.00. The molecule has 0 spiro atoms. The lowest BCUT2D eigenvalue weighted by molar-refractivity contribution is -0.00100. The SMILES string of the molecule is CC.CC.CC.[Cl-].[Cl-].[Cl-]. The molecule has 66 valence electrons. The number of rotatable bonds is 0. The van der Waals surface area contributed by atoms with Gasteiger partial charge in [0.1, 0.15) is 0 Å². The monoisotopic (exact) mass is 195 g/mol. The molecule has 0 nitrogen and oxygen atoms in total. The number of hydrogen-bond acceptors (Lipinski definition) is 0. The van der Waals surface area contributed by atoms with E-state index in [0.717, 1.165) is 0 Å². The van der Waals surface area contributed by atoms with E-state index in [-0.39, 0.29) is 37.2 Å². The van der Waals surface area contributed by atoms with Gasteiger partial charge >= 0.3 is 0 Å². The molecule has 0 fully saturated rings. The number of hydrogen-bond donors (Lipinski definition) is 0. The maximum absolute atomic E-state index is 2.00. The Morgan fingerprint density at radius 2 is 0.333 bits per heavy atom. The van der Waals surface area contributed by atoms with Crippen molar-refractivity contribution in [3.8, 4) is 0 Å². The van der Waals surface area contributed by atoms with Crippen LogP contribution in [0.15, 0.2) is 0 Å². The van der Waals surface area contributed by atoms with Gasteiger partial charge in [-0.15, -0.1) is 0 Å². The van der Waals surface area contributed by atoms with E-state index in [1.54, 1.807) is 0 Å². The highest BCUT2D eigenvalue weighted by Crippen LogP contribution is 1.15. The Hall–Kier alpha value is 0.870. The lowest BCUT2D eigenvalue weighted by Gasteiger charge is -1.07. The molecule has 0 saturated carbocycles. The molecule has 0 aliphatic heterocycles. The average Bonchev–Trinajstić information content (AvgIpc) is 1.81. The summed E-state index contributed by atoms with van der Waals surface area (Å²) in [5.74, 6) is 0. The molecule has 0 amide bonds. The first-order valence-corrected chi connectivity index (χ1v) is 3.00. The van der Waals surface area contributed by atoms with Crippen LogP contribution in [-0.2, 0) is 0 Å². The second-order valence-electron chi connectivity index (χ2n) is 0. The van der Waals surface area contributed by atoms with Crippen LogP contribution in [-0.4, -0.2) is 0 Å². The Bertz CT molecular complexity index is 8.26. The third-order valence-corrected chi connectivity index (χ3v) is 0. The zero-order valence-electron chi connectivity index (χ0n) is 7.13. The van der Waals surface area contributed by atoms with Crippen LogP contribution in [0.2, 0.25) is 0 Å². The Labute approximate surface area is 79.0 Å². The predicted octanol–water partition coefficient (Wildman–Crippen LogP) is -5.91. The molecule has 0 aromatic heterocycles. The van der Waals surface area contributed by atoms with E-state index in [1.807, 2.05) is 41.5 Å². The summed E-state index contributed by atoms with van der Waals surface area (Å²) in [6.45, 7) is 12.0. The van der Waals surface area contributed by atoms with Gasteiger partial charge in [0.15, 0.2) is 0 Å². The van der Waals surface area contributed by atoms with Crippen LogP contribution in [0.5, 0.6) is 0 Å². The molecule has 3 heteroatoms. The van der Waals surface area contributed by atoms with E-state index in [1.165, 1.54) is 0 Å². The molecule has 0 heterocycles. The van der Waals surface area contributed by atoms with Crippen molar-refractivity contribution in [2.45, 2.75) is 41.5 Å². The van der Waals surface area contributed by atoms with E-state index >= 15 is 0 Å². The van der Waals surface area contributed by atoms with E-state index in [9.17, 15) is 0 Å². The van der Waals surface area contributed by atoms with Crippen LogP contribution in [0.25, 0.3) is 0 Å². The molecule has 9 heavy (non-hydrogen) atoms. The molecule has 0 bridgehead atoms. The summed E-state index contributed by atoms with van der Waals surface area (Å²) in [7, 11) is 0. The first-order chi connectivity index (χ1) is 3.00. The minimum absolute atomic E-state index is 0. The van der Waals surface area contributed by atoms with E-state index in [2.05, 4.69) is 0 Å². The molecule has 0 aliphatic carbocycles. The largest absolute Gasteiger partial charge is 1.00 e. The lowest BCUT2D eigenvalue weighted by atomic mass is 11.0. The topological polar surface area (TPSA) is 0 Å². The maximum atomic E-state index is 2.00. The minimum atomic E-state index is 0. The van der Waals surface area contributed by atoms with Crippen LogP contribution in [0.3, 0.4) is 0 Å². The molecule has 0 saturated heterocycles. The van der Waals surface area contributed by atoms with Gasteiger partial charge in [-0.05, 0) is 0 Å². The van der Waals surface area contributed by atoms with Gasteiger partial charge in [-0.2, -0.15) is 0 Å². The highest BCUT2D eigenvalue weighted by molar-refractivity contribution is 3.51. The minimum Gasteiger partial charge on any atom is -1.00 e. The molecule has 0 radical (unpaired) electrons. The predicted molar refractivity (Wildman–Crippen MR) is 34.0 cm³/mol. The fraction of sp³-hybridized carbons (Fsp3) is 1.00. The summed E-state index contributed by atoms with van der Waals surface area (Å²) < 4.78 is 0. The van der Waals surface area contributed by atoms with Crippen LogP contribution in [0.4, 0.5) is 0 Å². The van der Waals surface area contributed by atoms with Crippen LogP contribution < -0.4 is 37.2 Å². The third-order valence-electron chi connectivity index (χ3n) is 0. The average molecular weight is 197 g/mol. The summed E-state index contributed by atoms with van der Waals surface area (Å²) >= 11 is 0. The van der Waals surface area contributed by atoms with Crippen molar-refractivity contribution < 1.29 is 37.2 Å². The Morgan fingerprint density at radius 3 is 0.333 bits per heavy atom. The second-order valence-corrected chi connectivity index (χ2v) is 0. The van der Waals surface area contributed by atoms with Crippen LogP contribution >= 0.6 is 0 Å². The fourth-order valence-corrected chi connectivity index (χ4v) is 0. The van der Waals surface area contributed by atoms with Gasteiger partial charge in [0.2, 0.25) is 0 Å². The normalized spacial score (nSPS) is 2.00.